The Morgan fingerprint density at radius 3 is 2.67 bits per heavy atom. The fourth-order valence-electron chi connectivity index (χ4n) is 1.61. The lowest BCUT2D eigenvalue weighted by Crippen LogP contribution is -2.33. The number of nitrogens with one attached hydrogen (secondary N) is 2. The first-order valence-corrected chi connectivity index (χ1v) is 5.88. The lowest BCUT2D eigenvalue weighted by Gasteiger charge is -2.12. The second kappa shape index (κ2) is 7.06. The van der Waals surface area contributed by atoms with Gasteiger partial charge in [-0.05, 0) is 31.1 Å². The van der Waals surface area contributed by atoms with E-state index in [-0.39, 0.29) is 17.9 Å². The molecule has 2 N–H and O–H groups in total. The maximum absolute atomic E-state index is 13.3. The number of hydrogen-bond acceptors (Lipinski definition) is 2. The second-order valence-corrected chi connectivity index (χ2v) is 4.38. The molecule has 0 aromatic heterocycles. The molecule has 1 aromatic carbocycles. The molecule has 0 aliphatic carbocycles. The minimum absolute atomic E-state index is 0.0710. The largest absolute Gasteiger partial charge is 0.355 e. The Bertz CT molecular complexity index is 410. The van der Waals surface area contributed by atoms with Crippen LogP contribution in [0.4, 0.5) is 8.78 Å². The van der Waals surface area contributed by atoms with Crippen molar-refractivity contribution in [3.8, 4) is 0 Å². The Morgan fingerprint density at radius 1 is 1.33 bits per heavy atom. The first kappa shape index (κ1) is 14.6. The summed E-state index contributed by atoms with van der Waals surface area (Å²) < 4.78 is 26.0. The molecule has 18 heavy (non-hydrogen) atoms. The van der Waals surface area contributed by atoms with Gasteiger partial charge < -0.3 is 10.6 Å². The molecule has 0 saturated carbocycles. The van der Waals surface area contributed by atoms with Crippen molar-refractivity contribution >= 4 is 5.91 Å². The van der Waals surface area contributed by atoms with E-state index in [2.05, 4.69) is 10.6 Å². The summed E-state index contributed by atoms with van der Waals surface area (Å²) in [4.78, 5) is 11.6. The van der Waals surface area contributed by atoms with Crippen LogP contribution >= 0.6 is 0 Å². The SMILES string of the molecule is CNCC(C)CNC(=O)Cc1ccc(F)cc1F. The van der Waals surface area contributed by atoms with Gasteiger partial charge in [0.1, 0.15) is 11.6 Å². The van der Waals surface area contributed by atoms with Crippen LogP contribution in [0.15, 0.2) is 18.2 Å². The van der Waals surface area contributed by atoms with E-state index in [1.165, 1.54) is 6.07 Å². The summed E-state index contributed by atoms with van der Waals surface area (Å²) in [6, 6.07) is 3.23. The quantitative estimate of drug-likeness (QED) is 0.809. The lowest BCUT2D eigenvalue weighted by molar-refractivity contribution is -0.120. The molecule has 0 fully saturated rings. The van der Waals surface area contributed by atoms with Crippen molar-refractivity contribution < 1.29 is 13.6 Å². The van der Waals surface area contributed by atoms with Gasteiger partial charge in [0.05, 0.1) is 6.42 Å². The molecule has 0 heterocycles. The van der Waals surface area contributed by atoms with Gasteiger partial charge in [-0.1, -0.05) is 13.0 Å². The Morgan fingerprint density at radius 2 is 2.06 bits per heavy atom. The van der Waals surface area contributed by atoms with Gasteiger partial charge in [-0.15, -0.1) is 0 Å². The lowest BCUT2D eigenvalue weighted by atomic mass is 10.1. The van der Waals surface area contributed by atoms with Crippen LogP contribution < -0.4 is 10.6 Å². The van der Waals surface area contributed by atoms with Gasteiger partial charge in [-0.3, -0.25) is 4.79 Å². The van der Waals surface area contributed by atoms with E-state index >= 15 is 0 Å². The third-order valence-corrected chi connectivity index (χ3v) is 2.57. The fraction of sp³-hybridized carbons (Fsp3) is 0.462. The number of carbonyl (C=O) groups excluding carboxylic acids is 1. The summed E-state index contributed by atoms with van der Waals surface area (Å²) in [7, 11) is 1.84. The van der Waals surface area contributed by atoms with Crippen LogP contribution in [0.5, 0.6) is 0 Å². The molecule has 0 spiro atoms. The van der Waals surface area contributed by atoms with Crippen molar-refractivity contribution in [1.82, 2.24) is 10.6 Å². The maximum Gasteiger partial charge on any atom is 0.224 e. The molecule has 100 valence electrons. The van der Waals surface area contributed by atoms with E-state index < -0.39 is 11.6 Å². The number of benzene rings is 1. The standard InChI is InChI=1S/C13H18F2N2O/c1-9(7-16-2)8-17-13(18)5-10-3-4-11(14)6-12(10)15/h3-4,6,9,16H,5,7-8H2,1-2H3,(H,17,18). The molecule has 5 heteroatoms. The second-order valence-electron chi connectivity index (χ2n) is 4.38. The number of carbonyl (C=O) groups is 1. The van der Waals surface area contributed by atoms with Crippen molar-refractivity contribution in [1.29, 1.82) is 0 Å². The third-order valence-electron chi connectivity index (χ3n) is 2.57. The number of rotatable bonds is 6. The molecule has 1 rings (SSSR count). The topological polar surface area (TPSA) is 41.1 Å². The third kappa shape index (κ3) is 4.79. The molecular weight excluding hydrogens is 238 g/mol. The van der Waals surface area contributed by atoms with E-state index in [0.29, 0.717) is 12.5 Å². The van der Waals surface area contributed by atoms with E-state index in [4.69, 9.17) is 0 Å². The molecule has 0 aliphatic heterocycles. The molecule has 0 aliphatic rings. The van der Waals surface area contributed by atoms with Gasteiger partial charge in [0.2, 0.25) is 5.91 Å². The molecule has 0 radical (unpaired) electrons. The van der Waals surface area contributed by atoms with Crippen molar-refractivity contribution in [2.45, 2.75) is 13.3 Å². The van der Waals surface area contributed by atoms with Crippen LogP contribution in [0.1, 0.15) is 12.5 Å². The average Bonchev–Trinajstić information content (AvgIpc) is 2.31. The van der Waals surface area contributed by atoms with E-state index in [1.807, 2.05) is 14.0 Å². The van der Waals surface area contributed by atoms with Gasteiger partial charge in [-0.25, -0.2) is 8.78 Å². The maximum atomic E-state index is 13.3. The molecule has 1 atom stereocenters. The van der Waals surface area contributed by atoms with Gasteiger partial charge in [0, 0.05) is 12.6 Å². The Labute approximate surface area is 106 Å². The Balaban J connectivity index is 2.44. The zero-order chi connectivity index (χ0) is 13.5. The molecule has 1 amide bonds. The van der Waals surface area contributed by atoms with Crippen molar-refractivity contribution in [3.05, 3.63) is 35.4 Å². The number of halogens is 2. The van der Waals surface area contributed by atoms with Crippen molar-refractivity contribution in [2.75, 3.05) is 20.1 Å². The highest BCUT2D eigenvalue weighted by molar-refractivity contribution is 5.78. The van der Waals surface area contributed by atoms with Crippen molar-refractivity contribution in [3.63, 3.8) is 0 Å². The van der Waals surface area contributed by atoms with Crippen molar-refractivity contribution in [2.24, 2.45) is 5.92 Å². The summed E-state index contributed by atoms with van der Waals surface area (Å²) in [5, 5.41) is 5.72. The normalized spacial score (nSPS) is 12.2. The molecule has 1 aromatic rings. The van der Waals surface area contributed by atoms with Crippen LogP contribution in [0.2, 0.25) is 0 Å². The number of hydrogen-bond donors (Lipinski definition) is 2. The van der Waals surface area contributed by atoms with E-state index in [0.717, 1.165) is 18.7 Å². The zero-order valence-electron chi connectivity index (χ0n) is 10.6. The smallest absolute Gasteiger partial charge is 0.224 e. The highest BCUT2D eigenvalue weighted by Gasteiger charge is 2.10. The van der Waals surface area contributed by atoms with E-state index in [1.54, 1.807) is 0 Å². The van der Waals surface area contributed by atoms with Crippen LogP contribution in [-0.2, 0) is 11.2 Å². The Hall–Kier alpha value is -1.49. The zero-order valence-corrected chi connectivity index (χ0v) is 10.6. The summed E-state index contributed by atoms with van der Waals surface area (Å²) in [5.41, 5.74) is 0.204. The average molecular weight is 256 g/mol. The summed E-state index contributed by atoms with van der Waals surface area (Å²) in [6.07, 6.45) is -0.0710. The predicted molar refractivity (Wildman–Crippen MR) is 66.2 cm³/mol. The molecule has 0 bridgehead atoms. The molecule has 1 unspecified atom stereocenters. The fourth-order valence-corrected chi connectivity index (χ4v) is 1.61. The molecule has 3 nitrogen and oxygen atoms in total. The monoisotopic (exact) mass is 256 g/mol. The number of amides is 1. The first-order valence-electron chi connectivity index (χ1n) is 5.88. The predicted octanol–water partition coefficient (Wildman–Crippen LogP) is 1.48. The van der Waals surface area contributed by atoms with Gasteiger partial charge in [-0.2, -0.15) is 0 Å². The van der Waals surface area contributed by atoms with Crippen LogP contribution in [-0.4, -0.2) is 26.0 Å². The summed E-state index contributed by atoms with van der Waals surface area (Å²) in [5.74, 6) is -1.28. The highest BCUT2D eigenvalue weighted by atomic mass is 19.1. The van der Waals surface area contributed by atoms with Gasteiger partial charge >= 0.3 is 0 Å². The Kier molecular flexibility index (Phi) is 5.71. The van der Waals surface area contributed by atoms with Crippen LogP contribution in [0.3, 0.4) is 0 Å². The minimum atomic E-state index is -0.687. The first-order chi connectivity index (χ1) is 8.52. The summed E-state index contributed by atoms with van der Waals surface area (Å²) in [6.45, 7) is 3.32. The molecule has 0 saturated heterocycles. The van der Waals surface area contributed by atoms with Gasteiger partial charge in [0.15, 0.2) is 0 Å². The highest BCUT2D eigenvalue weighted by Crippen LogP contribution is 2.10. The summed E-state index contributed by atoms with van der Waals surface area (Å²) >= 11 is 0. The molecular formula is C13H18F2N2O. The van der Waals surface area contributed by atoms with Crippen LogP contribution in [0.25, 0.3) is 0 Å². The van der Waals surface area contributed by atoms with Gasteiger partial charge in [0.25, 0.3) is 0 Å². The van der Waals surface area contributed by atoms with E-state index in [9.17, 15) is 13.6 Å². The minimum Gasteiger partial charge on any atom is -0.355 e. The van der Waals surface area contributed by atoms with Crippen LogP contribution in [0, 0.1) is 17.6 Å².